The van der Waals surface area contributed by atoms with Crippen molar-refractivity contribution in [2.24, 2.45) is 0 Å². The summed E-state index contributed by atoms with van der Waals surface area (Å²) in [5.41, 5.74) is 2.45. The highest BCUT2D eigenvalue weighted by Gasteiger charge is 2.33. The molecule has 2 aliphatic rings. The fraction of sp³-hybridized carbons (Fsp3) is 0.292. The van der Waals surface area contributed by atoms with Gasteiger partial charge in [-0.25, -0.2) is 8.42 Å². The Kier molecular flexibility index (Phi) is 5.58. The standard InChI is InChI=1S/C24H25N3O4S/c28-24(20-8-4-9-21(18-20)32(29,30)26-14-16-31-17-15-26)27-13-12-25-11-5-10-22(25)23(27)19-6-2-1-3-7-19/h1-11,18,23H,12-17H2. The lowest BCUT2D eigenvalue weighted by Crippen LogP contribution is -2.42. The maximum atomic E-state index is 13.7. The van der Waals surface area contributed by atoms with E-state index in [0.717, 1.165) is 11.3 Å². The van der Waals surface area contributed by atoms with Gasteiger partial charge in [-0.2, -0.15) is 4.31 Å². The maximum absolute atomic E-state index is 13.7. The van der Waals surface area contributed by atoms with E-state index in [4.69, 9.17) is 4.74 Å². The summed E-state index contributed by atoms with van der Waals surface area (Å²) in [6.45, 7) is 2.64. The molecule has 0 saturated carbocycles. The van der Waals surface area contributed by atoms with E-state index in [1.165, 1.54) is 10.4 Å². The first-order valence-electron chi connectivity index (χ1n) is 10.7. The van der Waals surface area contributed by atoms with E-state index < -0.39 is 10.0 Å². The van der Waals surface area contributed by atoms with E-state index in [0.29, 0.717) is 45.0 Å². The van der Waals surface area contributed by atoms with Gasteiger partial charge in [-0.05, 0) is 35.9 Å². The van der Waals surface area contributed by atoms with Crippen molar-refractivity contribution < 1.29 is 17.9 Å². The van der Waals surface area contributed by atoms with E-state index >= 15 is 0 Å². The molecule has 2 aliphatic heterocycles. The average Bonchev–Trinajstić information content (AvgIpc) is 3.33. The van der Waals surface area contributed by atoms with E-state index in [-0.39, 0.29) is 16.8 Å². The summed E-state index contributed by atoms with van der Waals surface area (Å²) in [6.07, 6.45) is 2.03. The molecular weight excluding hydrogens is 426 g/mol. The minimum atomic E-state index is -3.68. The summed E-state index contributed by atoms with van der Waals surface area (Å²) in [7, 11) is -3.68. The van der Waals surface area contributed by atoms with Gasteiger partial charge in [0, 0.05) is 43.6 Å². The highest BCUT2D eigenvalue weighted by molar-refractivity contribution is 7.89. The zero-order chi connectivity index (χ0) is 22.1. The number of nitrogens with zero attached hydrogens (tertiary/aromatic N) is 3. The molecule has 7 nitrogen and oxygen atoms in total. The number of hydrogen-bond acceptors (Lipinski definition) is 4. The number of aromatic nitrogens is 1. The van der Waals surface area contributed by atoms with Crippen molar-refractivity contribution in [3.8, 4) is 0 Å². The molecule has 166 valence electrons. The SMILES string of the molecule is O=C(c1cccc(S(=O)(=O)N2CCOCC2)c1)N1CCn2cccc2C1c1ccccc1. The van der Waals surface area contributed by atoms with Gasteiger partial charge in [-0.15, -0.1) is 0 Å². The van der Waals surface area contributed by atoms with Gasteiger partial charge in [-0.3, -0.25) is 4.79 Å². The normalized spacial score (nSPS) is 19.5. The van der Waals surface area contributed by atoms with E-state index in [1.807, 2.05) is 53.6 Å². The Hall–Kier alpha value is -2.94. The lowest BCUT2D eigenvalue weighted by Gasteiger charge is -2.37. The van der Waals surface area contributed by atoms with Gasteiger partial charge in [0.2, 0.25) is 10.0 Å². The molecule has 0 N–H and O–H groups in total. The van der Waals surface area contributed by atoms with Crippen LogP contribution >= 0.6 is 0 Å². The van der Waals surface area contributed by atoms with Crippen LogP contribution < -0.4 is 0 Å². The van der Waals surface area contributed by atoms with Gasteiger partial charge < -0.3 is 14.2 Å². The summed E-state index contributed by atoms with van der Waals surface area (Å²) in [6, 6.07) is 20.1. The Morgan fingerprint density at radius 3 is 2.44 bits per heavy atom. The Bertz CT molecular complexity index is 1220. The Morgan fingerprint density at radius 2 is 1.66 bits per heavy atom. The summed E-state index contributed by atoms with van der Waals surface area (Å²) < 4.78 is 35.1. The third-order valence-electron chi connectivity index (χ3n) is 6.10. The molecule has 0 spiro atoms. The Morgan fingerprint density at radius 1 is 0.875 bits per heavy atom. The summed E-state index contributed by atoms with van der Waals surface area (Å²) >= 11 is 0. The quantitative estimate of drug-likeness (QED) is 0.612. The molecular formula is C24H25N3O4S. The summed E-state index contributed by atoms with van der Waals surface area (Å²) in [5, 5.41) is 0. The second-order valence-electron chi connectivity index (χ2n) is 7.98. The van der Waals surface area contributed by atoms with Crippen molar-refractivity contribution in [1.29, 1.82) is 0 Å². The summed E-state index contributed by atoms with van der Waals surface area (Å²) in [5.74, 6) is -0.176. The van der Waals surface area contributed by atoms with Crippen LogP contribution in [0.4, 0.5) is 0 Å². The number of sulfonamides is 1. The Labute approximate surface area is 187 Å². The number of carbonyl (C=O) groups excluding carboxylic acids is 1. The molecule has 0 bridgehead atoms. The molecule has 1 aromatic heterocycles. The maximum Gasteiger partial charge on any atom is 0.254 e. The monoisotopic (exact) mass is 451 g/mol. The molecule has 0 radical (unpaired) electrons. The molecule has 3 heterocycles. The first-order chi connectivity index (χ1) is 15.6. The van der Waals surface area contributed by atoms with Crippen LogP contribution in [0, 0.1) is 0 Å². The average molecular weight is 452 g/mol. The minimum Gasteiger partial charge on any atom is -0.379 e. The molecule has 8 heteroatoms. The van der Waals surface area contributed by atoms with Crippen molar-refractivity contribution in [2.75, 3.05) is 32.8 Å². The van der Waals surface area contributed by atoms with Gasteiger partial charge in [0.1, 0.15) is 0 Å². The number of ether oxygens (including phenoxy) is 1. The topological polar surface area (TPSA) is 71.8 Å². The van der Waals surface area contributed by atoms with Crippen LogP contribution in [0.15, 0.2) is 77.8 Å². The molecule has 1 atom stereocenters. The first-order valence-corrected chi connectivity index (χ1v) is 12.2. The van der Waals surface area contributed by atoms with Crippen LogP contribution in [-0.2, 0) is 21.3 Å². The number of morpholine rings is 1. The van der Waals surface area contributed by atoms with Gasteiger partial charge in [0.25, 0.3) is 5.91 Å². The fourth-order valence-corrected chi connectivity index (χ4v) is 5.93. The highest BCUT2D eigenvalue weighted by Crippen LogP contribution is 2.33. The van der Waals surface area contributed by atoms with E-state index in [9.17, 15) is 13.2 Å². The van der Waals surface area contributed by atoms with Crippen LogP contribution in [0.25, 0.3) is 0 Å². The van der Waals surface area contributed by atoms with Gasteiger partial charge >= 0.3 is 0 Å². The third-order valence-corrected chi connectivity index (χ3v) is 8.00. The van der Waals surface area contributed by atoms with Crippen LogP contribution in [0.5, 0.6) is 0 Å². The lowest BCUT2D eigenvalue weighted by molar-refractivity contribution is 0.0663. The predicted octanol–water partition coefficient (Wildman–Crippen LogP) is 2.75. The van der Waals surface area contributed by atoms with Gasteiger partial charge in [-0.1, -0.05) is 36.4 Å². The number of benzene rings is 2. The second kappa shape index (κ2) is 8.54. The van der Waals surface area contributed by atoms with Crippen molar-refractivity contribution in [2.45, 2.75) is 17.5 Å². The molecule has 3 aromatic rings. The number of fused-ring (bicyclic) bond motifs is 1. The minimum absolute atomic E-state index is 0.141. The van der Waals surface area contributed by atoms with E-state index in [1.54, 1.807) is 18.2 Å². The highest BCUT2D eigenvalue weighted by atomic mass is 32.2. The van der Waals surface area contributed by atoms with Crippen LogP contribution in [0.2, 0.25) is 0 Å². The fourth-order valence-electron chi connectivity index (χ4n) is 4.48. The smallest absolute Gasteiger partial charge is 0.254 e. The number of rotatable bonds is 4. The second-order valence-corrected chi connectivity index (χ2v) is 9.92. The third kappa shape index (κ3) is 3.74. The largest absolute Gasteiger partial charge is 0.379 e. The summed E-state index contributed by atoms with van der Waals surface area (Å²) in [4.78, 5) is 15.6. The molecule has 1 fully saturated rings. The van der Waals surface area contributed by atoms with Crippen LogP contribution in [0.3, 0.4) is 0 Å². The number of hydrogen-bond donors (Lipinski definition) is 0. The molecule has 2 aromatic carbocycles. The molecule has 0 aliphatic carbocycles. The molecule has 1 saturated heterocycles. The molecule has 1 amide bonds. The first kappa shape index (κ1) is 20.9. The lowest BCUT2D eigenvalue weighted by atomic mass is 9.99. The van der Waals surface area contributed by atoms with Crippen molar-refractivity contribution in [1.82, 2.24) is 13.8 Å². The van der Waals surface area contributed by atoms with Gasteiger partial charge in [0.05, 0.1) is 24.2 Å². The zero-order valence-corrected chi connectivity index (χ0v) is 18.4. The Balaban J connectivity index is 1.49. The molecule has 1 unspecified atom stereocenters. The van der Waals surface area contributed by atoms with Crippen molar-refractivity contribution in [3.63, 3.8) is 0 Å². The zero-order valence-electron chi connectivity index (χ0n) is 17.6. The van der Waals surface area contributed by atoms with E-state index in [2.05, 4.69) is 4.57 Å². The van der Waals surface area contributed by atoms with Gasteiger partial charge in [0.15, 0.2) is 0 Å². The molecule has 32 heavy (non-hydrogen) atoms. The van der Waals surface area contributed by atoms with Crippen LogP contribution in [-0.4, -0.2) is 60.9 Å². The predicted molar refractivity (Wildman–Crippen MR) is 120 cm³/mol. The van der Waals surface area contributed by atoms with Crippen LogP contribution in [0.1, 0.15) is 27.7 Å². The number of amides is 1. The number of carbonyl (C=O) groups is 1. The van der Waals surface area contributed by atoms with Crippen molar-refractivity contribution in [3.05, 3.63) is 89.7 Å². The molecule has 5 rings (SSSR count). The van der Waals surface area contributed by atoms with Crippen molar-refractivity contribution >= 4 is 15.9 Å².